The number of benzene rings is 2. The maximum absolute atomic E-state index is 12.0. The minimum atomic E-state index is -0.626. The molecule has 6 nitrogen and oxygen atoms in total. The summed E-state index contributed by atoms with van der Waals surface area (Å²) in [5, 5.41) is 9.53. The fraction of sp³-hybridized carbons (Fsp3) is 0.200. The molecule has 0 bridgehead atoms. The Bertz CT molecular complexity index is 786. The molecule has 0 saturated carbocycles. The van der Waals surface area contributed by atoms with E-state index in [1.807, 2.05) is 30.3 Å². The number of likely N-dealkylation sites (N-methyl/N-ethyl adjacent to an activating group) is 1. The van der Waals surface area contributed by atoms with E-state index in [1.54, 1.807) is 19.2 Å². The van der Waals surface area contributed by atoms with E-state index in [0.717, 1.165) is 5.56 Å². The quantitative estimate of drug-likeness (QED) is 0.610. The van der Waals surface area contributed by atoms with Gasteiger partial charge in [0.15, 0.2) is 18.1 Å². The fourth-order valence-electron chi connectivity index (χ4n) is 2.20. The van der Waals surface area contributed by atoms with Crippen LogP contribution >= 0.6 is 0 Å². The number of carbonyl (C=O) groups is 2. The van der Waals surface area contributed by atoms with E-state index in [1.165, 1.54) is 30.2 Å². The lowest BCUT2D eigenvalue weighted by atomic mass is 10.2. The minimum absolute atomic E-state index is 0.0132. The summed E-state index contributed by atoms with van der Waals surface area (Å²) in [5.74, 6) is -0.599. The number of aromatic hydroxyl groups is 1. The van der Waals surface area contributed by atoms with Crippen LogP contribution < -0.4 is 4.74 Å². The van der Waals surface area contributed by atoms with Gasteiger partial charge in [0, 0.05) is 19.7 Å². The first-order valence-electron chi connectivity index (χ1n) is 7.99. The van der Waals surface area contributed by atoms with E-state index in [0.29, 0.717) is 17.9 Å². The second-order valence-corrected chi connectivity index (χ2v) is 5.61. The smallest absolute Gasteiger partial charge is 0.331 e. The van der Waals surface area contributed by atoms with Crippen molar-refractivity contribution in [2.24, 2.45) is 0 Å². The number of methoxy groups -OCH3 is 1. The molecular formula is C20H21NO5. The predicted octanol–water partition coefficient (Wildman–Crippen LogP) is 2.62. The molecule has 136 valence electrons. The lowest BCUT2D eigenvalue weighted by Crippen LogP contribution is -2.30. The number of phenolic OH excluding ortho intramolecular Hbond substituents is 1. The highest BCUT2D eigenvalue weighted by Gasteiger charge is 2.11. The lowest BCUT2D eigenvalue weighted by Gasteiger charge is -2.16. The van der Waals surface area contributed by atoms with Crippen LogP contribution in [0.1, 0.15) is 11.1 Å². The van der Waals surface area contributed by atoms with Crippen LogP contribution in [0.4, 0.5) is 0 Å². The average molecular weight is 355 g/mol. The van der Waals surface area contributed by atoms with Crippen molar-refractivity contribution in [1.29, 1.82) is 0 Å². The van der Waals surface area contributed by atoms with Crippen LogP contribution in [-0.2, 0) is 20.9 Å². The Labute approximate surface area is 152 Å². The summed E-state index contributed by atoms with van der Waals surface area (Å²) < 4.78 is 9.96. The molecule has 1 amide bonds. The van der Waals surface area contributed by atoms with Gasteiger partial charge in [0.25, 0.3) is 5.91 Å². The first kappa shape index (κ1) is 19.1. The summed E-state index contributed by atoms with van der Waals surface area (Å²) in [6, 6.07) is 14.2. The molecule has 0 aliphatic heterocycles. The third-order valence-corrected chi connectivity index (χ3v) is 3.64. The molecule has 1 N–H and O–H groups in total. The molecular weight excluding hydrogens is 334 g/mol. The number of phenols is 1. The Kier molecular flexibility index (Phi) is 6.79. The molecule has 0 aliphatic rings. The molecule has 0 unspecified atom stereocenters. The predicted molar refractivity (Wildman–Crippen MR) is 97.6 cm³/mol. The summed E-state index contributed by atoms with van der Waals surface area (Å²) in [6.07, 6.45) is 2.73. The van der Waals surface area contributed by atoms with Crippen molar-refractivity contribution in [1.82, 2.24) is 4.90 Å². The summed E-state index contributed by atoms with van der Waals surface area (Å²) in [5.41, 5.74) is 1.65. The highest BCUT2D eigenvalue weighted by molar-refractivity contribution is 5.89. The Morgan fingerprint density at radius 2 is 1.88 bits per heavy atom. The normalized spacial score (nSPS) is 10.5. The van der Waals surface area contributed by atoms with E-state index in [4.69, 9.17) is 9.47 Å². The van der Waals surface area contributed by atoms with Crippen LogP contribution in [0.25, 0.3) is 6.08 Å². The highest BCUT2D eigenvalue weighted by Crippen LogP contribution is 2.26. The first-order valence-corrected chi connectivity index (χ1v) is 7.99. The van der Waals surface area contributed by atoms with Crippen molar-refractivity contribution in [3.8, 4) is 11.5 Å². The van der Waals surface area contributed by atoms with Gasteiger partial charge in [-0.1, -0.05) is 36.4 Å². The highest BCUT2D eigenvalue weighted by atomic mass is 16.5. The van der Waals surface area contributed by atoms with Crippen molar-refractivity contribution in [3.63, 3.8) is 0 Å². The van der Waals surface area contributed by atoms with Gasteiger partial charge in [-0.15, -0.1) is 0 Å². The zero-order valence-electron chi connectivity index (χ0n) is 14.7. The van der Waals surface area contributed by atoms with Crippen LogP contribution in [-0.4, -0.2) is 42.6 Å². The number of rotatable bonds is 7. The summed E-state index contributed by atoms with van der Waals surface area (Å²) in [4.78, 5) is 25.3. The molecule has 0 aliphatic carbocycles. The Morgan fingerprint density at radius 3 is 2.58 bits per heavy atom. The topological polar surface area (TPSA) is 76.1 Å². The summed E-state index contributed by atoms with van der Waals surface area (Å²) in [6.45, 7) is 0.117. The zero-order chi connectivity index (χ0) is 18.9. The fourth-order valence-corrected chi connectivity index (χ4v) is 2.20. The van der Waals surface area contributed by atoms with Crippen LogP contribution in [0, 0.1) is 0 Å². The number of nitrogens with zero attached hydrogens (tertiary/aromatic N) is 1. The molecule has 2 rings (SSSR count). The standard InChI is InChI=1S/C20H21NO5/c1-21(13-16-6-4-3-5-7-16)19(23)14-26-20(24)11-9-15-8-10-17(22)18(12-15)25-2/h3-12,22H,13-14H2,1-2H3/b11-9+. The number of hydrogen-bond acceptors (Lipinski definition) is 5. The molecule has 26 heavy (non-hydrogen) atoms. The molecule has 0 saturated heterocycles. The number of amides is 1. The summed E-state index contributed by atoms with van der Waals surface area (Å²) >= 11 is 0. The molecule has 0 fully saturated rings. The third kappa shape index (κ3) is 5.66. The number of ether oxygens (including phenoxy) is 2. The van der Waals surface area contributed by atoms with Crippen molar-refractivity contribution < 1.29 is 24.2 Å². The van der Waals surface area contributed by atoms with Crippen LogP contribution in [0.3, 0.4) is 0 Å². The van der Waals surface area contributed by atoms with Gasteiger partial charge in [0.1, 0.15) is 0 Å². The molecule has 6 heteroatoms. The van der Waals surface area contributed by atoms with Gasteiger partial charge in [0.2, 0.25) is 0 Å². The van der Waals surface area contributed by atoms with E-state index < -0.39 is 5.97 Å². The molecule has 0 aromatic heterocycles. The third-order valence-electron chi connectivity index (χ3n) is 3.64. The van der Waals surface area contributed by atoms with Crippen LogP contribution in [0.5, 0.6) is 11.5 Å². The largest absolute Gasteiger partial charge is 0.504 e. The lowest BCUT2D eigenvalue weighted by molar-refractivity contribution is -0.147. The van der Waals surface area contributed by atoms with E-state index >= 15 is 0 Å². The van der Waals surface area contributed by atoms with Gasteiger partial charge in [-0.05, 0) is 29.3 Å². The van der Waals surface area contributed by atoms with Crippen molar-refractivity contribution >= 4 is 18.0 Å². The number of esters is 1. The first-order chi connectivity index (χ1) is 12.5. The Morgan fingerprint density at radius 1 is 1.15 bits per heavy atom. The Balaban J connectivity index is 1.83. The SMILES string of the molecule is COc1cc(/C=C/C(=O)OCC(=O)N(C)Cc2ccccc2)ccc1O. The molecule has 0 spiro atoms. The van der Waals surface area contributed by atoms with Crippen molar-refractivity contribution in [2.45, 2.75) is 6.54 Å². The number of hydrogen-bond donors (Lipinski definition) is 1. The van der Waals surface area contributed by atoms with Gasteiger partial charge in [-0.3, -0.25) is 4.79 Å². The molecule has 0 atom stereocenters. The maximum Gasteiger partial charge on any atom is 0.331 e. The van der Waals surface area contributed by atoms with Crippen LogP contribution in [0.15, 0.2) is 54.6 Å². The van der Waals surface area contributed by atoms with Gasteiger partial charge < -0.3 is 19.5 Å². The number of carbonyl (C=O) groups excluding carboxylic acids is 2. The van der Waals surface area contributed by atoms with Gasteiger partial charge in [0.05, 0.1) is 7.11 Å². The average Bonchev–Trinajstić information content (AvgIpc) is 2.66. The monoisotopic (exact) mass is 355 g/mol. The maximum atomic E-state index is 12.0. The minimum Gasteiger partial charge on any atom is -0.504 e. The van der Waals surface area contributed by atoms with Crippen molar-refractivity contribution in [3.05, 3.63) is 65.7 Å². The Hall–Kier alpha value is -3.28. The van der Waals surface area contributed by atoms with Gasteiger partial charge >= 0.3 is 5.97 Å². The molecule has 0 heterocycles. The molecule has 2 aromatic carbocycles. The van der Waals surface area contributed by atoms with E-state index in [-0.39, 0.29) is 18.3 Å². The summed E-state index contributed by atoms with van der Waals surface area (Å²) in [7, 11) is 3.09. The van der Waals surface area contributed by atoms with E-state index in [2.05, 4.69) is 0 Å². The van der Waals surface area contributed by atoms with E-state index in [9.17, 15) is 14.7 Å². The zero-order valence-corrected chi connectivity index (χ0v) is 14.7. The molecule has 2 aromatic rings. The second kappa shape index (κ2) is 9.27. The molecule has 0 radical (unpaired) electrons. The van der Waals surface area contributed by atoms with Gasteiger partial charge in [-0.25, -0.2) is 4.79 Å². The van der Waals surface area contributed by atoms with Gasteiger partial charge in [-0.2, -0.15) is 0 Å². The van der Waals surface area contributed by atoms with Crippen molar-refractivity contribution in [2.75, 3.05) is 20.8 Å². The second-order valence-electron chi connectivity index (χ2n) is 5.61. The van der Waals surface area contributed by atoms with Crippen LogP contribution in [0.2, 0.25) is 0 Å².